The average Bonchev–Trinajstić information content (AvgIpc) is 2.56. The maximum Gasteiger partial charge on any atom is 0.244 e. The molecule has 0 amide bonds. The van der Waals surface area contributed by atoms with Crippen LogP contribution in [-0.2, 0) is 14.8 Å². The van der Waals surface area contributed by atoms with Crippen LogP contribution in [0, 0.1) is 6.92 Å². The summed E-state index contributed by atoms with van der Waals surface area (Å²) in [6.45, 7) is 3.00. The van der Waals surface area contributed by atoms with Crippen molar-refractivity contribution in [1.82, 2.24) is 4.31 Å². The molecular formula is C17H19NO3S. The number of rotatable bonds is 3. The summed E-state index contributed by atoms with van der Waals surface area (Å²) in [4.78, 5) is 0.373. The fourth-order valence-corrected chi connectivity index (χ4v) is 4.60. The van der Waals surface area contributed by atoms with Gasteiger partial charge in [0.05, 0.1) is 24.2 Å². The van der Waals surface area contributed by atoms with Crippen molar-refractivity contribution in [3.63, 3.8) is 0 Å². The predicted molar refractivity (Wildman–Crippen MR) is 85.1 cm³/mol. The molecule has 4 nitrogen and oxygen atoms in total. The number of hydrogen-bond acceptors (Lipinski definition) is 3. The van der Waals surface area contributed by atoms with Crippen LogP contribution in [0.2, 0.25) is 0 Å². The summed E-state index contributed by atoms with van der Waals surface area (Å²) in [6.07, 6.45) is 0. The molecule has 2 aromatic carbocycles. The molecule has 3 rings (SSSR count). The lowest BCUT2D eigenvalue weighted by Gasteiger charge is -2.35. The third-order valence-electron chi connectivity index (χ3n) is 3.94. The van der Waals surface area contributed by atoms with E-state index in [1.807, 2.05) is 49.4 Å². The van der Waals surface area contributed by atoms with E-state index in [2.05, 4.69) is 0 Å². The van der Waals surface area contributed by atoms with Gasteiger partial charge in [0.1, 0.15) is 0 Å². The molecular weight excluding hydrogens is 298 g/mol. The largest absolute Gasteiger partial charge is 0.378 e. The monoisotopic (exact) mass is 317 g/mol. The lowest BCUT2D eigenvalue weighted by atomic mass is 10.1. The van der Waals surface area contributed by atoms with Crippen molar-refractivity contribution in [2.75, 3.05) is 19.8 Å². The molecule has 0 N–H and O–H groups in total. The van der Waals surface area contributed by atoms with Gasteiger partial charge in [-0.2, -0.15) is 4.31 Å². The second-order valence-corrected chi connectivity index (χ2v) is 7.24. The fourth-order valence-electron chi connectivity index (χ4n) is 2.79. The number of aryl methyl sites for hydroxylation is 1. The van der Waals surface area contributed by atoms with Gasteiger partial charge in [0.2, 0.25) is 10.0 Å². The second kappa shape index (κ2) is 6.20. The first-order valence-electron chi connectivity index (χ1n) is 7.31. The van der Waals surface area contributed by atoms with E-state index in [-0.39, 0.29) is 6.04 Å². The van der Waals surface area contributed by atoms with Crippen LogP contribution in [-0.4, -0.2) is 32.5 Å². The van der Waals surface area contributed by atoms with E-state index in [1.165, 1.54) is 0 Å². The molecule has 1 heterocycles. The van der Waals surface area contributed by atoms with Crippen molar-refractivity contribution >= 4 is 10.0 Å². The molecule has 1 atom stereocenters. The van der Waals surface area contributed by atoms with Crippen molar-refractivity contribution < 1.29 is 13.2 Å². The molecule has 0 spiro atoms. The molecule has 1 saturated heterocycles. The molecule has 1 fully saturated rings. The van der Waals surface area contributed by atoms with Gasteiger partial charge in [-0.15, -0.1) is 0 Å². The van der Waals surface area contributed by atoms with Crippen LogP contribution in [0.25, 0.3) is 0 Å². The maximum atomic E-state index is 13.1. The summed E-state index contributed by atoms with van der Waals surface area (Å²) in [5.74, 6) is 0. The minimum absolute atomic E-state index is 0.278. The minimum atomic E-state index is -3.54. The molecule has 1 aliphatic rings. The highest BCUT2D eigenvalue weighted by Gasteiger charge is 2.35. The lowest BCUT2D eigenvalue weighted by molar-refractivity contribution is 0.0320. The fraction of sp³-hybridized carbons (Fsp3) is 0.294. The van der Waals surface area contributed by atoms with Crippen molar-refractivity contribution in [2.45, 2.75) is 17.9 Å². The smallest absolute Gasteiger partial charge is 0.244 e. The van der Waals surface area contributed by atoms with Crippen LogP contribution in [0.1, 0.15) is 17.2 Å². The molecule has 0 aliphatic carbocycles. The Kier molecular flexibility index (Phi) is 4.29. The summed E-state index contributed by atoms with van der Waals surface area (Å²) >= 11 is 0. The first kappa shape index (κ1) is 15.2. The van der Waals surface area contributed by atoms with Gasteiger partial charge in [0.15, 0.2) is 0 Å². The van der Waals surface area contributed by atoms with Crippen LogP contribution < -0.4 is 0 Å². The van der Waals surface area contributed by atoms with Gasteiger partial charge in [-0.3, -0.25) is 0 Å². The first-order valence-corrected chi connectivity index (χ1v) is 8.75. The summed E-state index contributed by atoms with van der Waals surface area (Å²) in [5, 5.41) is 0. The van der Waals surface area contributed by atoms with Gasteiger partial charge in [-0.1, -0.05) is 48.5 Å². The van der Waals surface area contributed by atoms with E-state index in [0.717, 1.165) is 11.1 Å². The van der Waals surface area contributed by atoms with Crippen molar-refractivity contribution in [2.24, 2.45) is 0 Å². The highest BCUT2D eigenvalue weighted by Crippen LogP contribution is 2.31. The molecule has 0 saturated carbocycles. The Balaban J connectivity index is 2.02. The number of morpholine rings is 1. The molecule has 2 aromatic rings. The average molecular weight is 317 g/mol. The molecule has 0 aromatic heterocycles. The van der Waals surface area contributed by atoms with E-state index in [1.54, 1.807) is 16.4 Å². The first-order chi connectivity index (χ1) is 10.6. The Morgan fingerprint density at radius 3 is 2.45 bits per heavy atom. The molecule has 0 bridgehead atoms. The SMILES string of the molecule is Cc1ccccc1S(=O)(=O)N1CCOCC1c1ccccc1. The normalized spacial score (nSPS) is 20.0. The Morgan fingerprint density at radius 2 is 1.73 bits per heavy atom. The van der Waals surface area contributed by atoms with Crippen molar-refractivity contribution in [1.29, 1.82) is 0 Å². The Hall–Kier alpha value is -1.69. The molecule has 5 heteroatoms. The number of sulfonamides is 1. The van der Waals surface area contributed by atoms with Gasteiger partial charge >= 0.3 is 0 Å². The summed E-state index contributed by atoms with van der Waals surface area (Å²) in [7, 11) is -3.54. The van der Waals surface area contributed by atoms with Crippen LogP contribution in [0.5, 0.6) is 0 Å². The molecule has 116 valence electrons. The van der Waals surface area contributed by atoms with E-state index < -0.39 is 10.0 Å². The van der Waals surface area contributed by atoms with Crippen LogP contribution in [0.3, 0.4) is 0 Å². The van der Waals surface area contributed by atoms with Gasteiger partial charge < -0.3 is 4.74 Å². The third kappa shape index (κ3) is 2.79. The zero-order valence-corrected chi connectivity index (χ0v) is 13.3. The topological polar surface area (TPSA) is 46.6 Å². The molecule has 22 heavy (non-hydrogen) atoms. The van der Waals surface area contributed by atoms with Crippen LogP contribution in [0.15, 0.2) is 59.5 Å². The van der Waals surface area contributed by atoms with Crippen molar-refractivity contribution in [3.8, 4) is 0 Å². The third-order valence-corrected chi connectivity index (χ3v) is 6.01. The number of ether oxygens (including phenoxy) is 1. The Labute approximate surface area is 131 Å². The number of hydrogen-bond donors (Lipinski definition) is 0. The molecule has 1 unspecified atom stereocenters. The summed E-state index contributed by atoms with van der Waals surface area (Å²) in [5.41, 5.74) is 1.72. The van der Waals surface area contributed by atoms with Crippen molar-refractivity contribution in [3.05, 3.63) is 65.7 Å². The predicted octanol–water partition coefficient (Wildman–Crippen LogP) is 2.76. The lowest BCUT2D eigenvalue weighted by Crippen LogP contribution is -2.43. The van der Waals surface area contributed by atoms with Gasteiger partial charge in [0, 0.05) is 6.54 Å². The van der Waals surface area contributed by atoms with E-state index in [9.17, 15) is 8.42 Å². The molecule has 1 aliphatic heterocycles. The number of benzene rings is 2. The zero-order valence-electron chi connectivity index (χ0n) is 12.5. The quantitative estimate of drug-likeness (QED) is 0.874. The van der Waals surface area contributed by atoms with Crippen LogP contribution in [0.4, 0.5) is 0 Å². The summed E-state index contributed by atoms with van der Waals surface area (Å²) in [6, 6.07) is 16.5. The Morgan fingerprint density at radius 1 is 1.05 bits per heavy atom. The van der Waals surface area contributed by atoms with E-state index >= 15 is 0 Å². The van der Waals surface area contributed by atoms with Crippen LogP contribution >= 0.6 is 0 Å². The number of nitrogens with zero attached hydrogens (tertiary/aromatic N) is 1. The summed E-state index contributed by atoms with van der Waals surface area (Å²) < 4.78 is 33.2. The second-order valence-electron chi connectivity index (χ2n) is 5.38. The standard InChI is InChI=1S/C17H19NO3S/c1-14-7-5-6-10-17(14)22(19,20)18-11-12-21-13-16(18)15-8-3-2-4-9-15/h2-10,16H,11-13H2,1H3. The van der Waals surface area contributed by atoms with E-state index in [4.69, 9.17) is 4.74 Å². The van der Waals surface area contributed by atoms with Gasteiger partial charge in [-0.25, -0.2) is 8.42 Å². The zero-order chi connectivity index (χ0) is 15.6. The molecule has 0 radical (unpaired) electrons. The highest BCUT2D eigenvalue weighted by atomic mass is 32.2. The van der Waals surface area contributed by atoms with Gasteiger partial charge in [-0.05, 0) is 24.1 Å². The van der Waals surface area contributed by atoms with E-state index in [0.29, 0.717) is 24.7 Å². The maximum absolute atomic E-state index is 13.1. The minimum Gasteiger partial charge on any atom is -0.378 e. The van der Waals surface area contributed by atoms with Gasteiger partial charge in [0.25, 0.3) is 0 Å². The Bertz CT molecular complexity index is 744. The highest BCUT2D eigenvalue weighted by molar-refractivity contribution is 7.89.